The maximum atomic E-state index is 8.81. The maximum Gasteiger partial charge on any atom is 0.174 e. The maximum absolute atomic E-state index is 8.81. The molecule has 1 heterocycles. The number of amidine groups is 1. The molecule has 5 heteroatoms. The summed E-state index contributed by atoms with van der Waals surface area (Å²) in [6.45, 7) is 4.97. The van der Waals surface area contributed by atoms with Gasteiger partial charge < -0.3 is 15.8 Å². The lowest BCUT2D eigenvalue weighted by Crippen LogP contribution is -2.25. The highest BCUT2D eigenvalue weighted by Gasteiger charge is 2.14. The Morgan fingerprint density at radius 1 is 1.59 bits per heavy atom. The van der Waals surface area contributed by atoms with Gasteiger partial charge in [-0.15, -0.1) is 0 Å². The highest BCUT2D eigenvalue weighted by molar-refractivity contribution is 6.02. The fourth-order valence-electron chi connectivity index (χ4n) is 1.70. The Hall–Kier alpha value is -1.78. The first-order chi connectivity index (χ1) is 8.11. The SMILES string of the molecule is CCCCN(C)c1nccc(C)c1/C(N)=N/O. The van der Waals surface area contributed by atoms with Crippen LogP contribution in [0.25, 0.3) is 0 Å². The molecule has 0 fully saturated rings. The summed E-state index contributed by atoms with van der Waals surface area (Å²) >= 11 is 0. The molecule has 0 aliphatic rings. The van der Waals surface area contributed by atoms with E-state index in [4.69, 9.17) is 10.9 Å². The molecule has 1 aromatic rings. The normalized spacial score (nSPS) is 11.6. The van der Waals surface area contributed by atoms with E-state index in [0.29, 0.717) is 5.56 Å². The van der Waals surface area contributed by atoms with Gasteiger partial charge in [0.1, 0.15) is 5.82 Å². The number of nitrogens with two attached hydrogens (primary N) is 1. The second kappa shape index (κ2) is 6.08. The second-order valence-electron chi connectivity index (χ2n) is 4.09. The summed E-state index contributed by atoms with van der Waals surface area (Å²) in [5, 5.41) is 11.9. The molecular formula is C12H20N4O. The lowest BCUT2D eigenvalue weighted by Gasteiger charge is -2.21. The van der Waals surface area contributed by atoms with Gasteiger partial charge in [0, 0.05) is 19.8 Å². The van der Waals surface area contributed by atoms with Crippen molar-refractivity contribution in [1.29, 1.82) is 0 Å². The van der Waals surface area contributed by atoms with Crippen LogP contribution in [-0.2, 0) is 0 Å². The molecule has 1 rings (SSSR count). The molecule has 0 saturated heterocycles. The summed E-state index contributed by atoms with van der Waals surface area (Å²) in [4.78, 5) is 6.35. The summed E-state index contributed by atoms with van der Waals surface area (Å²) in [7, 11) is 1.96. The molecule has 17 heavy (non-hydrogen) atoms. The number of anilines is 1. The van der Waals surface area contributed by atoms with Gasteiger partial charge in [0.2, 0.25) is 0 Å². The Bertz CT molecular complexity index is 403. The lowest BCUT2D eigenvalue weighted by atomic mass is 10.1. The van der Waals surface area contributed by atoms with E-state index in [-0.39, 0.29) is 5.84 Å². The molecule has 0 radical (unpaired) electrons. The van der Waals surface area contributed by atoms with Crippen LogP contribution in [0.5, 0.6) is 0 Å². The highest BCUT2D eigenvalue weighted by Crippen LogP contribution is 2.19. The first-order valence-electron chi connectivity index (χ1n) is 5.76. The van der Waals surface area contributed by atoms with Gasteiger partial charge in [0.05, 0.1) is 5.56 Å². The predicted octanol–water partition coefficient (Wildman–Crippen LogP) is 1.72. The van der Waals surface area contributed by atoms with Crippen LogP contribution in [0, 0.1) is 6.92 Å². The minimum absolute atomic E-state index is 0.106. The van der Waals surface area contributed by atoms with Crippen LogP contribution in [-0.4, -0.2) is 29.6 Å². The molecule has 0 amide bonds. The third-order valence-electron chi connectivity index (χ3n) is 2.71. The molecule has 0 saturated carbocycles. The third-order valence-corrected chi connectivity index (χ3v) is 2.71. The molecular weight excluding hydrogens is 216 g/mol. The number of hydrogen-bond acceptors (Lipinski definition) is 4. The number of oxime groups is 1. The van der Waals surface area contributed by atoms with Gasteiger partial charge in [0.15, 0.2) is 5.84 Å². The van der Waals surface area contributed by atoms with Crippen molar-refractivity contribution in [2.24, 2.45) is 10.9 Å². The third kappa shape index (κ3) is 3.09. The zero-order chi connectivity index (χ0) is 12.8. The molecule has 94 valence electrons. The van der Waals surface area contributed by atoms with Crippen molar-refractivity contribution in [3.63, 3.8) is 0 Å². The number of aryl methyl sites for hydroxylation is 1. The first kappa shape index (κ1) is 13.3. The minimum atomic E-state index is 0.106. The standard InChI is InChI=1S/C12H20N4O/c1-4-5-8-16(3)12-10(11(13)15-17)9(2)6-7-14-12/h6-7,17H,4-5,8H2,1-3H3,(H2,13,15). The van der Waals surface area contributed by atoms with Crippen molar-refractivity contribution in [2.45, 2.75) is 26.7 Å². The van der Waals surface area contributed by atoms with Crippen molar-refractivity contribution in [3.8, 4) is 0 Å². The number of pyridine rings is 1. The molecule has 0 atom stereocenters. The van der Waals surface area contributed by atoms with Crippen LogP contribution in [0.4, 0.5) is 5.82 Å². The van der Waals surface area contributed by atoms with Gasteiger partial charge in [-0.2, -0.15) is 0 Å². The molecule has 0 spiro atoms. The average Bonchev–Trinajstić information content (AvgIpc) is 2.34. The predicted molar refractivity (Wildman–Crippen MR) is 69.7 cm³/mol. The zero-order valence-electron chi connectivity index (χ0n) is 10.6. The first-order valence-corrected chi connectivity index (χ1v) is 5.76. The van der Waals surface area contributed by atoms with Crippen molar-refractivity contribution >= 4 is 11.7 Å². The Kier molecular flexibility index (Phi) is 4.75. The molecule has 0 aromatic carbocycles. The van der Waals surface area contributed by atoms with Crippen LogP contribution in [0.2, 0.25) is 0 Å². The fraction of sp³-hybridized carbons (Fsp3) is 0.500. The number of unbranched alkanes of at least 4 members (excludes halogenated alkanes) is 1. The van der Waals surface area contributed by atoms with Gasteiger partial charge in [0.25, 0.3) is 0 Å². The van der Waals surface area contributed by atoms with Crippen molar-refractivity contribution in [1.82, 2.24) is 4.98 Å². The topological polar surface area (TPSA) is 74.7 Å². The van der Waals surface area contributed by atoms with Crippen LogP contribution < -0.4 is 10.6 Å². The van der Waals surface area contributed by atoms with E-state index >= 15 is 0 Å². The van der Waals surface area contributed by atoms with E-state index < -0.39 is 0 Å². The van der Waals surface area contributed by atoms with Crippen molar-refractivity contribution < 1.29 is 5.21 Å². The highest BCUT2D eigenvalue weighted by atomic mass is 16.4. The molecule has 0 aliphatic carbocycles. The average molecular weight is 236 g/mol. The summed E-state index contributed by atoms with van der Waals surface area (Å²) in [6, 6.07) is 1.85. The van der Waals surface area contributed by atoms with E-state index in [1.165, 1.54) is 0 Å². The van der Waals surface area contributed by atoms with Crippen LogP contribution >= 0.6 is 0 Å². The quantitative estimate of drug-likeness (QED) is 0.353. The van der Waals surface area contributed by atoms with Crippen LogP contribution in [0.1, 0.15) is 30.9 Å². The molecule has 3 N–H and O–H groups in total. The summed E-state index contributed by atoms with van der Waals surface area (Å²) in [5.74, 6) is 0.864. The smallest absolute Gasteiger partial charge is 0.174 e. The summed E-state index contributed by atoms with van der Waals surface area (Å²) in [6.07, 6.45) is 3.94. The monoisotopic (exact) mass is 236 g/mol. The fourth-order valence-corrected chi connectivity index (χ4v) is 1.70. The van der Waals surface area contributed by atoms with E-state index in [0.717, 1.165) is 30.8 Å². The number of aromatic nitrogens is 1. The molecule has 1 aromatic heterocycles. The van der Waals surface area contributed by atoms with E-state index in [1.54, 1.807) is 6.20 Å². The van der Waals surface area contributed by atoms with Gasteiger partial charge in [-0.25, -0.2) is 4.98 Å². The van der Waals surface area contributed by atoms with E-state index in [2.05, 4.69) is 17.1 Å². The van der Waals surface area contributed by atoms with E-state index in [9.17, 15) is 0 Å². The number of nitrogens with zero attached hydrogens (tertiary/aromatic N) is 3. The summed E-state index contributed by atoms with van der Waals surface area (Å²) < 4.78 is 0. The second-order valence-corrected chi connectivity index (χ2v) is 4.09. The molecule has 0 unspecified atom stereocenters. The van der Waals surface area contributed by atoms with Gasteiger partial charge in [-0.05, 0) is 25.0 Å². The molecule has 0 bridgehead atoms. The van der Waals surface area contributed by atoms with Gasteiger partial charge >= 0.3 is 0 Å². The van der Waals surface area contributed by atoms with E-state index in [1.807, 2.05) is 24.9 Å². The Balaban J connectivity index is 3.10. The summed E-state index contributed by atoms with van der Waals surface area (Å²) in [5.41, 5.74) is 7.35. The van der Waals surface area contributed by atoms with Gasteiger partial charge in [-0.3, -0.25) is 0 Å². The zero-order valence-corrected chi connectivity index (χ0v) is 10.6. The van der Waals surface area contributed by atoms with Gasteiger partial charge in [-0.1, -0.05) is 18.5 Å². The minimum Gasteiger partial charge on any atom is -0.409 e. The Morgan fingerprint density at radius 3 is 2.88 bits per heavy atom. The van der Waals surface area contributed by atoms with Crippen LogP contribution in [0.3, 0.4) is 0 Å². The lowest BCUT2D eigenvalue weighted by molar-refractivity contribution is 0.318. The Labute approximate surface area is 102 Å². The number of rotatable bonds is 5. The largest absolute Gasteiger partial charge is 0.409 e. The number of hydrogen-bond donors (Lipinski definition) is 2. The molecule has 5 nitrogen and oxygen atoms in total. The van der Waals surface area contributed by atoms with Crippen molar-refractivity contribution in [3.05, 3.63) is 23.4 Å². The molecule has 0 aliphatic heterocycles. The van der Waals surface area contributed by atoms with Crippen LogP contribution in [0.15, 0.2) is 17.4 Å². The van der Waals surface area contributed by atoms with Crippen molar-refractivity contribution in [2.75, 3.05) is 18.5 Å². The Morgan fingerprint density at radius 2 is 2.29 bits per heavy atom.